The van der Waals surface area contributed by atoms with Gasteiger partial charge >= 0.3 is 0 Å². The van der Waals surface area contributed by atoms with Crippen LogP contribution in [0.2, 0.25) is 0 Å². The minimum absolute atomic E-state index is 0.294. The van der Waals surface area contributed by atoms with Crippen molar-refractivity contribution < 1.29 is 17.3 Å². The number of hydrogen-bond acceptors (Lipinski definition) is 6. The summed E-state index contributed by atoms with van der Waals surface area (Å²) in [4.78, 5) is 6.94. The molecule has 0 radical (unpaired) electrons. The second kappa shape index (κ2) is 9.25. The number of aromatic nitrogens is 2. The predicted octanol–water partition coefficient (Wildman–Crippen LogP) is 3.12. The van der Waals surface area contributed by atoms with Crippen molar-refractivity contribution in [2.75, 3.05) is 32.7 Å². The molecule has 1 fully saturated rings. The third-order valence-electron chi connectivity index (χ3n) is 5.48. The highest BCUT2D eigenvalue weighted by Crippen LogP contribution is 2.20. The Balaban J connectivity index is 1.25. The van der Waals surface area contributed by atoms with E-state index in [2.05, 4.69) is 15.0 Å². The lowest BCUT2D eigenvalue weighted by molar-refractivity contribution is 0.185. The summed E-state index contributed by atoms with van der Waals surface area (Å²) in [5.74, 6) is 0.604. The maximum atomic E-state index is 13.7. The maximum Gasteiger partial charge on any atom is 0.243 e. The Labute approximate surface area is 181 Å². The number of sulfonamides is 1. The molecule has 1 aliphatic heterocycles. The van der Waals surface area contributed by atoms with E-state index in [1.54, 1.807) is 47.6 Å². The van der Waals surface area contributed by atoms with Crippen LogP contribution >= 0.6 is 0 Å². The van der Waals surface area contributed by atoms with Crippen molar-refractivity contribution in [3.8, 4) is 11.4 Å². The number of halogens is 1. The lowest BCUT2D eigenvalue weighted by Gasteiger charge is -2.33. The number of rotatable bonds is 7. The van der Waals surface area contributed by atoms with Crippen LogP contribution in [0.25, 0.3) is 11.4 Å². The van der Waals surface area contributed by atoms with Crippen LogP contribution in [0.5, 0.6) is 0 Å². The molecule has 2 heterocycles. The second-order valence-corrected chi connectivity index (χ2v) is 9.58. The third-order valence-corrected chi connectivity index (χ3v) is 7.39. The average Bonchev–Trinajstić information content (AvgIpc) is 3.25. The maximum absolute atomic E-state index is 13.7. The third kappa shape index (κ3) is 5.00. The van der Waals surface area contributed by atoms with E-state index < -0.39 is 10.0 Å². The zero-order chi connectivity index (χ0) is 21.8. The van der Waals surface area contributed by atoms with E-state index in [9.17, 15) is 12.8 Å². The Morgan fingerprint density at radius 3 is 2.52 bits per heavy atom. The second-order valence-electron chi connectivity index (χ2n) is 7.64. The van der Waals surface area contributed by atoms with Crippen LogP contribution in [-0.2, 0) is 16.4 Å². The highest BCUT2D eigenvalue weighted by atomic mass is 32.2. The van der Waals surface area contributed by atoms with Gasteiger partial charge in [0.15, 0.2) is 0 Å². The minimum atomic E-state index is -3.43. The monoisotopic (exact) mass is 444 g/mol. The highest BCUT2D eigenvalue weighted by molar-refractivity contribution is 7.89. The van der Waals surface area contributed by atoms with Crippen LogP contribution in [0.15, 0.2) is 57.9 Å². The average molecular weight is 445 g/mol. The van der Waals surface area contributed by atoms with Crippen LogP contribution in [0.1, 0.15) is 17.9 Å². The number of benzene rings is 2. The van der Waals surface area contributed by atoms with Gasteiger partial charge in [-0.3, -0.25) is 0 Å². The van der Waals surface area contributed by atoms with Crippen molar-refractivity contribution in [2.45, 2.75) is 24.7 Å². The van der Waals surface area contributed by atoms with E-state index >= 15 is 0 Å². The summed E-state index contributed by atoms with van der Waals surface area (Å²) >= 11 is 0. The van der Waals surface area contributed by atoms with E-state index in [1.165, 1.54) is 6.07 Å². The van der Waals surface area contributed by atoms with Crippen LogP contribution in [-0.4, -0.2) is 60.5 Å². The molecule has 0 amide bonds. The van der Waals surface area contributed by atoms with Gasteiger partial charge in [0.1, 0.15) is 5.82 Å². The van der Waals surface area contributed by atoms with Crippen LogP contribution in [0.4, 0.5) is 4.39 Å². The van der Waals surface area contributed by atoms with E-state index in [0.717, 1.165) is 13.0 Å². The van der Waals surface area contributed by atoms with Crippen molar-refractivity contribution in [3.63, 3.8) is 0 Å². The van der Waals surface area contributed by atoms with Gasteiger partial charge in [-0.2, -0.15) is 9.29 Å². The summed E-state index contributed by atoms with van der Waals surface area (Å²) in [6, 6.07) is 13.4. The fourth-order valence-electron chi connectivity index (χ4n) is 3.59. The Hall–Kier alpha value is -2.62. The summed E-state index contributed by atoms with van der Waals surface area (Å²) in [6.45, 7) is 4.84. The van der Waals surface area contributed by atoms with E-state index in [-0.39, 0.29) is 5.82 Å². The SMILES string of the molecule is Cc1ccc(-c2noc(CCCN3CCN(S(=O)(=O)c4ccccc4)CC3)n2)cc1F. The molecular weight excluding hydrogens is 419 g/mol. The Morgan fingerprint density at radius 1 is 1.06 bits per heavy atom. The largest absolute Gasteiger partial charge is 0.339 e. The molecule has 4 rings (SSSR count). The lowest BCUT2D eigenvalue weighted by atomic mass is 10.1. The zero-order valence-corrected chi connectivity index (χ0v) is 18.2. The van der Waals surface area contributed by atoms with Gasteiger partial charge in [-0.25, -0.2) is 12.8 Å². The van der Waals surface area contributed by atoms with Gasteiger partial charge in [0.25, 0.3) is 0 Å². The first-order chi connectivity index (χ1) is 14.9. The Kier molecular flexibility index (Phi) is 6.45. The van der Waals surface area contributed by atoms with Gasteiger partial charge in [-0.15, -0.1) is 0 Å². The van der Waals surface area contributed by atoms with Gasteiger partial charge < -0.3 is 9.42 Å². The summed E-state index contributed by atoms with van der Waals surface area (Å²) in [6.07, 6.45) is 1.43. The van der Waals surface area contributed by atoms with E-state index in [1.807, 2.05) is 6.07 Å². The summed E-state index contributed by atoms with van der Waals surface area (Å²) in [5, 5.41) is 3.95. The number of nitrogens with zero attached hydrogens (tertiary/aromatic N) is 4. The molecule has 1 aliphatic rings. The molecule has 31 heavy (non-hydrogen) atoms. The highest BCUT2D eigenvalue weighted by Gasteiger charge is 2.28. The number of hydrogen-bond donors (Lipinski definition) is 0. The summed E-state index contributed by atoms with van der Waals surface area (Å²) in [5.41, 5.74) is 1.16. The molecule has 3 aromatic rings. The van der Waals surface area contributed by atoms with E-state index in [0.29, 0.717) is 60.3 Å². The molecule has 7 nitrogen and oxygen atoms in total. The number of piperazine rings is 1. The zero-order valence-electron chi connectivity index (χ0n) is 17.4. The minimum Gasteiger partial charge on any atom is -0.339 e. The summed E-state index contributed by atoms with van der Waals surface area (Å²) < 4.78 is 46.0. The molecule has 0 bridgehead atoms. The van der Waals surface area contributed by atoms with Gasteiger partial charge in [-0.1, -0.05) is 35.5 Å². The van der Waals surface area contributed by atoms with Crippen molar-refractivity contribution in [2.24, 2.45) is 0 Å². The number of aryl methyl sites for hydroxylation is 2. The molecule has 0 unspecified atom stereocenters. The molecule has 0 atom stereocenters. The lowest BCUT2D eigenvalue weighted by Crippen LogP contribution is -2.48. The van der Waals surface area contributed by atoms with Gasteiger partial charge in [0.05, 0.1) is 4.90 Å². The molecule has 164 valence electrons. The predicted molar refractivity (Wildman–Crippen MR) is 114 cm³/mol. The van der Waals surface area contributed by atoms with Gasteiger partial charge in [0.2, 0.25) is 21.7 Å². The van der Waals surface area contributed by atoms with Crippen LogP contribution in [0.3, 0.4) is 0 Å². The normalized spacial score (nSPS) is 15.9. The van der Waals surface area contributed by atoms with Crippen molar-refractivity contribution >= 4 is 10.0 Å². The topological polar surface area (TPSA) is 79.5 Å². The molecule has 2 aromatic carbocycles. The molecule has 1 aromatic heterocycles. The molecule has 0 N–H and O–H groups in total. The van der Waals surface area contributed by atoms with Crippen molar-refractivity contribution in [3.05, 3.63) is 65.8 Å². The molecule has 1 saturated heterocycles. The first kappa shape index (κ1) is 21.6. The quantitative estimate of drug-likeness (QED) is 0.557. The van der Waals surface area contributed by atoms with Crippen molar-refractivity contribution in [1.29, 1.82) is 0 Å². The molecule has 0 saturated carbocycles. The first-order valence-corrected chi connectivity index (χ1v) is 11.7. The van der Waals surface area contributed by atoms with Crippen LogP contribution in [0, 0.1) is 12.7 Å². The van der Waals surface area contributed by atoms with Gasteiger partial charge in [-0.05, 0) is 43.7 Å². The standard InChI is InChI=1S/C22H25FN4O3S/c1-17-9-10-18(16-20(17)23)22-24-21(30-25-22)8-5-11-26-12-14-27(15-13-26)31(28,29)19-6-3-2-4-7-19/h2-4,6-7,9-10,16H,5,8,11-15H2,1H3. The smallest absolute Gasteiger partial charge is 0.243 e. The fraction of sp³-hybridized carbons (Fsp3) is 0.364. The molecule has 0 spiro atoms. The van der Waals surface area contributed by atoms with Crippen molar-refractivity contribution in [1.82, 2.24) is 19.3 Å². The first-order valence-electron chi connectivity index (χ1n) is 10.3. The van der Waals surface area contributed by atoms with Gasteiger partial charge in [0, 0.05) is 38.2 Å². The Bertz CT molecular complexity index is 1130. The Morgan fingerprint density at radius 2 is 1.81 bits per heavy atom. The summed E-state index contributed by atoms with van der Waals surface area (Å²) in [7, 11) is -3.43. The van der Waals surface area contributed by atoms with E-state index in [4.69, 9.17) is 4.52 Å². The molecular formula is C22H25FN4O3S. The molecule has 9 heteroatoms. The molecule has 0 aliphatic carbocycles. The fourth-order valence-corrected chi connectivity index (χ4v) is 5.04. The van der Waals surface area contributed by atoms with Crippen LogP contribution < -0.4 is 0 Å².